The number of thiazole rings is 1. The molecule has 0 aliphatic heterocycles. The Morgan fingerprint density at radius 1 is 1.24 bits per heavy atom. The summed E-state index contributed by atoms with van der Waals surface area (Å²) in [6.45, 7) is 3.92. The maximum atomic E-state index is 12.7. The smallest absolute Gasteiger partial charge is 0.306 e. The molecule has 0 unspecified atom stereocenters. The van der Waals surface area contributed by atoms with Crippen molar-refractivity contribution in [1.82, 2.24) is 19.7 Å². The van der Waals surface area contributed by atoms with Crippen LogP contribution < -0.4 is 15.2 Å². The van der Waals surface area contributed by atoms with E-state index in [1.807, 2.05) is 38.1 Å². The third kappa shape index (κ3) is 2.29. The summed E-state index contributed by atoms with van der Waals surface area (Å²) in [4.78, 5) is 31.7. The van der Waals surface area contributed by atoms with Gasteiger partial charge in [0.2, 0.25) is 0 Å². The SMILES string of the molecule is COc1ccccc1-c1c2sc(=O)[nH]c2nc2c1c(=O)[nH]n2C(C)C. The van der Waals surface area contributed by atoms with Crippen LogP contribution in [0.3, 0.4) is 0 Å². The van der Waals surface area contributed by atoms with Crippen LogP contribution in [0.5, 0.6) is 5.75 Å². The molecule has 128 valence electrons. The second-order valence-corrected chi connectivity index (χ2v) is 6.97. The monoisotopic (exact) mass is 356 g/mol. The van der Waals surface area contributed by atoms with Crippen molar-refractivity contribution in [2.24, 2.45) is 0 Å². The lowest BCUT2D eigenvalue weighted by molar-refractivity contribution is 0.416. The molecule has 0 aliphatic rings. The number of pyridine rings is 1. The first kappa shape index (κ1) is 15.6. The molecule has 0 amide bonds. The van der Waals surface area contributed by atoms with Gasteiger partial charge in [-0.05, 0) is 19.9 Å². The third-order valence-electron chi connectivity index (χ3n) is 4.12. The maximum Gasteiger partial charge on any atom is 0.306 e. The number of hydrogen-bond acceptors (Lipinski definition) is 5. The van der Waals surface area contributed by atoms with Crippen molar-refractivity contribution in [3.63, 3.8) is 0 Å². The average Bonchev–Trinajstić information content (AvgIpc) is 3.12. The Balaban J connectivity index is 2.27. The van der Waals surface area contributed by atoms with Crippen molar-refractivity contribution in [2.75, 3.05) is 7.11 Å². The first-order chi connectivity index (χ1) is 12.0. The van der Waals surface area contributed by atoms with Crippen molar-refractivity contribution in [3.05, 3.63) is 44.3 Å². The molecule has 3 aromatic heterocycles. The van der Waals surface area contributed by atoms with Crippen LogP contribution in [0.2, 0.25) is 0 Å². The van der Waals surface area contributed by atoms with Gasteiger partial charge in [0.05, 0.1) is 17.2 Å². The van der Waals surface area contributed by atoms with Gasteiger partial charge in [0, 0.05) is 17.2 Å². The third-order valence-corrected chi connectivity index (χ3v) is 5.01. The first-order valence-electron chi connectivity index (χ1n) is 7.81. The zero-order chi connectivity index (χ0) is 17.7. The Morgan fingerprint density at radius 3 is 2.72 bits per heavy atom. The molecule has 1 aromatic carbocycles. The van der Waals surface area contributed by atoms with E-state index in [2.05, 4.69) is 15.1 Å². The Labute approximate surface area is 145 Å². The number of H-pyrrole nitrogens is 2. The van der Waals surface area contributed by atoms with Gasteiger partial charge < -0.3 is 4.74 Å². The van der Waals surface area contributed by atoms with Crippen LogP contribution in [-0.4, -0.2) is 26.9 Å². The fraction of sp³-hybridized carbons (Fsp3) is 0.235. The lowest BCUT2D eigenvalue weighted by atomic mass is 10.0. The van der Waals surface area contributed by atoms with Crippen molar-refractivity contribution in [1.29, 1.82) is 0 Å². The molecule has 0 saturated carbocycles. The van der Waals surface area contributed by atoms with E-state index in [4.69, 9.17) is 4.74 Å². The van der Waals surface area contributed by atoms with Gasteiger partial charge in [-0.2, -0.15) is 0 Å². The van der Waals surface area contributed by atoms with E-state index in [-0.39, 0.29) is 16.5 Å². The Hall–Kier alpha value is -2.87. The van der Waals surface area contributed by atoms with E-state index in [9.17, 15) is 9.59 Å². The molecule has 0 fully saturated rings. The van der Waals surface area contributed by atoms with E-state index in [0.717, 1.165) is 16.9 Å². The Morgan fingerprint density at radius 2 is 2.00 bits per heavy atom. The largest absolute Gasteiger partial charge is 0.496 e. The molecule has 0 spiro atoms. The van der Waals surface area contributed by atoms with Crippen LogP contribution >= 0.6 is 11.3 Å². The van der Waals surface area contributed by atoms with Crippen LogP contribution in [0.1, 0.15) is 19.9 Å². The number of aromatic amines is 2. The predicted octanol–water partition coefficient (Wildman–Crippen LogP) is 2.88. The number of benzene rings is 1. The summed E-state index contributed by atoms with van der Waals surface area (Å²) >= 11 is 1.04. The number of rotatable bonds is 3. The minimum atomic E-state index is -0.236. The molecule has 25 heavy (non-hydrogen) atoms. The van der Waals surface area contributed by atoms with Gasteiger partial charge in [-0.3, -0.25) is 24.4 Å². The van der Waals surface area contributed by atoms with E-state index in [1.54, 1.807) is 11.8 Å². The highest BCUT2D eigenvalue weighted by Crippen LogP contribution is 2.39. The van der Waals surface area contributed by atoms with Crippen molar-refractivity contribution < 1.29 is 4.74 Å². The summed E-state index contributed by atoms with van der Waals surface area (Å²) in [6, 6.07) is 7.46. The second kappa shape index (κ2) is 5.59. The summed E-state index contributed by atoms with van der Waals surface area (Å²) in [5, 5.41) is 3.31. The van der Waals surface area contributed by atoms with E-state index in [0.29, 0.717) is 32.7 Å². The molecule has 0 atom stereocenters. The van der Waals surface area contributed by atoms with Crippen LogP contribution in [-0.2, 0) is 0 Å². The zero-order valence-electron chi connectivity index (χ0n) is 13.9. The summed E-state index contributed by atoms with van der Waals surface area (Å²) in [5.74, 6) is 0.633. The van der Waals surface area contributed by atoms with E-state index in [1.165, 1.54) is 0 Å². The van der Waals surface area contributed by atoms with Crippen molar-refractivity contribution in [2.45, 2.75) is 19.9 Å². The molecule has 0 bridgehead atoms. The normalized spacial score (nSPS) is 11.7. The molecule has 8 heteroatoms. The maximum absolute atomic E-state index is 12.7. The summed E-state index contributed by atoms with van der Waals surface area (Å²) < 4.78 is 7.84. The number of nitrogens with zero attached hydrogens (tertiary/aromatic N) is 2. The van der Waals surface area contributed by atoms with Crippen molar-refractivity contribution >= 4 is 32.7 Å². The standard InChI is InChI=1S/C17H16N4O3S/c1-8(2)21-15-12(16(22)20-21)11(9-6-4-5-7-10(9)24-3)13-14(18-15)19-17(23)25-13/h4-8H,1-3H3,(H,20,22)(H,18,19,23). The molecular formula is C17H16N4O3S. The summed E-state index contributed by atoms with van der Waals surface area (Å²) in [6.07, 6.45) is 0. The zero-order valence-corrected chi connectivity index (χ0v) is 14.7. The average molecular weight is 356 g/mol. The minimum Gasteiger partial charge on any atom is -0.496 e. The molecule has 4 aromatic rings. The second-order valence-electron chi connectivity index (χ2n) is 5.98. The predicted molar refractivity (Wildman–Crippen MR) is 98.7 cm³/mol. The van der Waals surface area contributed by atoms with Crippen LogP contribution in [0.15, 0.2) is 33.9 Å². The fourth-order valence-corrected chi connectivity index (χ4v) is 3.89. The van der Waals surface area contributed by atoms with Crippen LogP contribution in [0, 0.1) is 0 Å². The van der Waals surface area contributed by atoms with E-state index < -0.39 is 0 Å². The fourth-order valence-electron chi connectivity index (χ4n) is 3.04. The van der Waals surface area contributed by atoms with Gasteiger partial charge in [0.1, 0.15) is 5.75 Å². The minimum absolute atomic E-state index is 0.0195. The van der Waals surface area contributed by atoms with Gasteiger partial charge in [-0.15, -0.1) is 0 Å². The van der Waals surface area contributed by atoms with Gasteiger partial charge in [0.25, 0.3) is 5.56 Å². The Kier molecular flexibility index (Phi) is 3.50. The number of fused-ring (bicyclic) bond motifs is 2. The highest BCUT2D eigenvalue weighted by molar-refractivity contribution is 7.17. The van der Waals surface area contributed by atoms with Gasteiger partial charge in [-0.1, -0.05) is 29.5 Å². The quantitative estimate of drug-likeness (QED) is 0.590. The van der Waals surface area contributed by atoms with E-state index >= 15 is 0 Å². The summed E-state index contributed by atoms with van der Waals surface area (Å²) in [7, 11) is 1.58. The Bertz CT molecular complexity index is 1210. The molecule has 3 heterocycles. The molecule has 0 saturated heterocycles. The highest BCUT2D eigenvalue weighted by atomic mass is 32.1. The number of hydrogen-bond donors (Lipinski definition) is 2. The number of nitrogens with one attached hydrogen (secondary N) is 2. The number of aromatic nitrogens is 4. The van der Waals surface area contributed by atoms with Crippen LogP contribution in [0.4, 0.5) is 0 Å². The van der Waals surface area contributed by atoms with Crippen molar-refractivity contribution in [3.8, 4) is 16.9 Å². The number of para-hydroxylation sites is 1. The highest BCUT2D eigenvalue weighted by Gasteiger charge is 2.22. The summed E-state index contributed by atoms with van der Waals surface area (Å²) in [5.41, 5.74) is 2.17. The topological polar surface area (TPSA) is 92.8 Å². The molecule has 4 rings (SSSR count). The molecule has 0 aliphatic carbocycles. The lowest BCUT2D eigenvalue weighted by Crippen LogP contribution is -2.08. The molecular weight excluding hydrogens is 340 g/mol. The molecule has 0 radical (unpaired) electrons. The molecule has 2 N–H and O–H groups in total. The van der Waals surface area contributed by atoms with Gasteiger partial charge >= 0.3 is 4.87 Å². The molecule has 7 nitrogen and oxygen atoms in total. The van der Waals surface area contributed by atoms with Gasteiger partial charge in [0.15, 0.2) is 11.3 Å². The number of ether oxygens (including phenoxy) is 1. The van der Waals surface area contributed by atoms with Gasteiger partial charge in [-0.25, -0.2) is 4.98 Å². The lowest BCUT2D eigenvalue weighted by Gasteiger charge is -2.11. The van der Waals surface area contributed by atoms with Crippen LogP contribution in [0.25, 0.3) is 32.5 Å². The number of methoxy groups -OCH3 is 1. The first-order valence-corrected chi connectivity index (χ1v) is 8.63.